The summed E-state index contributed by atoms with van der Waals surface area (Å²) < 4.78 is 16.5. The quantitative estimate of drug-likeness (QED) is 0.391. The predicted octanol–water partition coefficient (Wildman–Crippen LogP) is 3.48. The van der Waals surface area contributed by atoms with Gasteiger partial charge < -0.3 is 23.4 Å². The van der Waals surface area contributed by atoms with E-state index in [0.29, 0.717) is 60.0 Å². The standard InChI is InChI=1S/C26H23N5O5/c1-16-5-6-20-18(12-16)19(13-17(2)28-20)26(33)35-15-23(32)30-7-9-31(10-8-30)25-21(14-27)29-24(36-25)22-4-3-11-34-22/h3-6,11-13H,7-10,15H2,1-2H3. The van der Waals surface area contributed by atoms with Gasteiger partial charge in [0.25, 0.3) is 11.8 Å². The lowest BCUT2D eigenvalue weighted by Gasteiger charge is -2.34. The Morgan fingerprint density at radius 3 is 2.64 bits per heavy atom. The van der Waals surface area contributed by atoms with Gasteiger partial charge in [0.15, 0.2) is 12.4 Å². The van der Waals surface area contributed by atoms with Crippen LogP contribution in [-0.4, -0.2) is 59.5 Å². The Hall–Kier alpha value is -4.65. The predicted molar refractivity (Wildman–Crippen MR) is 129 cm³/mol. The Kier molecular flexibility index (Phi) is 6.12. The van der Waals surface area contributed by atoms with Crippen LogP contribution in [0.5, 0.6) is 0 Å². The number of ether oxygens (including phenoxy) is 1. The molecule has 4 aromatic rings. The number of furan rings is 1. The molecule has 0 unspecified atom stereocenters. The molecule has 1 aliphatic heterocycles. The molecule has 1 aromatic carbocycles. The molecule has 1 saturated heterocycles. The minimum Gasteiger partial charge on any atom is -0.459 e. The molecular weight excluding hydrogens is 462 g/mol. The number of oxazole rings is 1. The number of hydrogen-bond acceptors (Lipinski definition) is 9. The molecule has 0 atom stereocenters. The summed E-state index contributed by atoms with van der Waals surface area (Å²) >= 11 is 0. The van der Waals surface area contributed by atoms with Crippen LogP contribution in [0.1, 0.15) is 27.3 Å². The van der Waals surface area contributed by atoms with Gasteiger partial charge in [0, 0.05) is 37.3 Å². The first-order valence-electron chi connectivity index (χ1n) is 11.5. The number of aromatic nitrogens is 2. The number of rotatable bonds is 5. The molecular formula is C26H23N5O5. The highest BCUT2D eigenvalue weighted by atomic mass is 16.5. The zero-order valence-corrected chi connectivity index (χ0v) is 19.9. The SMILES string of the molecule is Cc1ccc2nc(C)cc(C(=O)OCC(=O)N3CCN(c4oc(-c5ccco5)nc4C#N)CC3)c2c1. The van der Waals surface area contributed by atoms with Gasteiger partial charge >= 0.3 is 5.97 Å². The third-order valence-corrected chi connectivity index (χ3v) is 6.01. The van der Waals surface area contributed by atoms with E-state index in [1.807, 2.05) is 43.0 Å². The van der Waals surface area contributed by atoms with Crippen LogP contribution < -0.4 is 4.90 Å². The van der Waals surface area contributed by atoms with E-state index >= 15 is 0 Å². The minimum absolute atomic E-state index is 0.158. The summed E-state index contributed by atoms with van der Waals surface area (Å²) in [6.07, 6.45) is 1.50. The fraction of sp³-hybridized carbons (Fsp3) is 0.269. The Morgan fingerprint density at radius 2 is 1.92 bits per heavy atom. The van der Waals surface area contributed by atoms with E-state index < -0.39 is 5.97 Å². The highest BCUT2D eigenvalue weighted by Gasteiger charge is 2.27. The van der Waals surface area contributed by atoms with Crippen molar-refractivity contribution in [2.75, 3.05) is 37.7 Å². The number of piperazine rings is 1. The molecule has 1 fully saturated rings. The number of fused-ring (bicyclic) bond motifs is 1. The van der Waals surface area contributed by atoms with E-state index in [-0.39, 0.29) is 24.1 Å². The van der Waals surface area contributed by atoms with E-state index in [1.165, 1.54) is 6.26 Å². The second-order valence-electron chi connectivity index (χ2n) is 8.54. The average molecular weight is 486 g/mol. The van der Waals surface area contributed by atoms with Crippen molar-refractivity contribution >= 4 is 28.7 Å². The highest BCUT2D eigenvalue weighted by Crippen LogP contribution is 2.29. The normalized spacial score (nSPS) is 13.6. The maximum Gasteiger partial charge on any atom is 0.339 e. The molecule has 0 radical (unpaired) electrons. The minimum atomic E-state index is -0.561. The third kappa shape index (κ3) is 4.51. The van der Waals surface area contributed by atoms with Gasteiger partial charge in [0.2, 0.25) is 11.6 Å². The molecule has 1 aliphatic rings. The molecule has 10 heteroatoms. The lowest BCUT2D eigenvalue weighted by atomic mass is 10.1. The fourth-order valence-corrected chi connectivity index (χ4v) is 4.20. The number of aryl methyl sites for hydroxylation is 2. The summed E-state index contributed by atoms with van der Waals surface area (Å²) in [5, 5.41) is 10.2. The molecule has 36 heavy (non-hydrogen) atoms. The Labute approximate surface area is 206 Å². The number of carbonyl (C=O) groups excluding carboxylic acids is 2. The van der Waals surface area contributed by atoms with E-state index in [0.717, 1.165) is 5.56 Å². The largest absolute Gasteiger partial charge is 0.459 e. The number of carbonyl (C=O) groups is 2. The lowest BCUT2D eigenvalue weighted by Crippen LogP contribution is -2.50. The fourth-order valence-electron chi connectivity index (χ4n) is 4.20. The zero-order valence-electron chi connectivity index (χ0n) is 19.9. The third-order valence-electron chi connectivity index (χ3n) is 6.01. The maximum absolute atomic E-state index is 12.8. The summed E-state index contributed by atoms with van der Waals surface area (Å²) in [4.78, 5) is 37.7. The monoisotopic (exact) mass is 485 g/mol. The zero-order chi connectivity index (χ0) is 25.2. The van der Waals surface area contributed by atoms with Crippen LogP contribution in [0.25, 0.3) is 22.6 Å². The number of nitrogens with zero attached hydrogens (tertiary/aromatic N) is 5. The lowest BCUT2D eigenvalue weighted by molar-refractivity contribution is -0.134. The summed E-state index contributed by atoms with van der Waals surface area (Å²) in [6, 6.07) is 12.8. The molecule has 0 aliphatic carbocycles. The molecule has 0 bridgehead atoms. The molecule has 1 amide bonds. The maximum atomic E-state index is 12.8. The van der Waals surface area contributed by atoms with Crippen molar-refractivity contribution in [3.8, 4) is 17.7 Å². The second-order valence-corrected chi connectivity index (χ2v) is 8.54. The van der Waals surface area contributed by atoms with E-state index in [1.54, 1.807) is 23.1 Å². The molecule has 4 heterocycles. The van der Waals surface area contributed by atoms with Crippen molar-refractivity contribution in [1.82, 2.24) is 14.9 Å². The molecule has 0 N–H and O–H groups in total. The topological polar surface area (TPSA) is 126 Å². The van der Waals surface area contributed by atoms with Crippen molar-refractivity contribution in [2.45, 2.75) is 13.8 Å². The van der Waals surface area contributed by atoms with Crippen LogP contribution >= 0.6 is 0 Å². The number of amides is 1. The van der Waals surface area contributed by atoms with Crippen LogP contribution in [0, 0.1) is 25.2 Å². The smallest absolute Gasteiger partial charge is 0.339 e. The van der Waals surface area contributed by atoms with Gasteiger partial charge in [-0.3, -0.25) is 9.78 Å². The van der Waals surface area contributed by atoms with Crippen molar-refractivity contribution in [2.24, 2.45) is 0 Å². The van der Waals surface area contributed by atoms with E-state index in [9.17, 15) is 14.9 Å². The van der Waals surface area contributed by atoms with Gasteiger partial charge in [0.1, 0.15) is 6.07 Å². The van der Waals surface area contributed by atoms with Crippen molar-refractivity contribution in [3.63, 3.8) is 0 Å². The first-order chi connectivity index (χ1) is 17.4. The van der Waals surface area contributed by atoms with Crippen LogP contribution in [0.4, 0.5) is 5.88 Å². The first-order valence-corrected chi connectivity index (χ1v) is 11.5. The summed E-state index contributed by atoms with van der Waals surface area (Å²) in [5.74, 6) is 0.155. The number of nitriles is 1. The van der Waals surface area contributed by atoms with Crippen molar-refractivity contribution in [1.29, 1.82) is 5.26 Å². The van der Waals surface area contributed by atoms with Crippen LogP contribution in [0.3, 0.4) is 0 Å². The number of anilines is 1. The number of esters is 1. The molecule has 10 nitrogen and oxygen atoms in total. The Morgan fingerprint density at radius 1 is 1.11 bits per heavy atom. The molecule has 3 aromatic heterocycles. The van der Waals surface area contributed by atoms with Gasteiger partial charge in [-0.25, -0.2) is 4.79 Å². The molecule has 182 valence electrons. The summed E-state index contributed by atoms with van der Waals surface area (Å²) in [7, 11) is 0. The number of hydrogen-bond donors (Lipinski definition) is 0. The van der Waals surface area contributed by atoms with Crippen molar-refractivity contribution < 1.29 is 23.2 Å². The van der Waals surface area contributed by atoms with Crippen LogP contribution in [0.2, 0.25) is 0 Å². The van der Waals surface area contributed by atoms with E-state index in [4.69, 9.17) is 13.6 Å². The summed E-state index contributed by atoms with van der Waals surface area (Å²) in [6.45, 7) is 5.03. The molecule has 0 spiro atoms. The van der Waals surface area contributed by atoms with Gasteiger partial charge in [0.05, 0.1) is 17.3 Å². The van der Waals surface area contributed by atoms with Gasteiger partial charge in [-0.15, -0.1) is 0 Å². The highest BCUT2D eigenvalue weighted by molar-refractivity contribution is 6.04. The Balaban J connectivity index is 1.21. The van der Waals surface area contributed by atoms with E-state index in [2.05, 4.69) is 9.97 Å². The molecule has 5 rings (SSSR count). The molecule has 0 saturated carbocycles. The summed E-state index contributed by atoms with van der Waals surface area (Å²) in [5.41, 5.74) is 2.94. The van der Waals surface area contributed by atoms with Crippen molar-refractivity contribution in [3.05, 3.63) is 65.2 Å². The van der Waals surface area contributed by atoms with Crippen LogP contribution in [-0.2, 0) is 9.53 Å². The Bertz CT molecular complexity index is 1480. The first kappa shape index (κ1) is 23.1. The van der Waals surface area contributed by atoms with Gasteiger partial charge in [-0.1, -0.05) is 11.6 Å². The number of pyridine rings is 1. The van der Waals surface area contributed by atoms with Crippen LogP contribution in [0.15, 0.2) is 51.5 Å². The van der Waals surface area contributed by atoms with Gasteiger partial charge in [-0.05, 0) is 44.2 Å². The number of benzene rings is 1. The second kappa shape index (κ2) is 9.54. The average Bonchev–Trinajstić information content (AvgIpc) is 3.57. The van der Waals surface area contributed by atoms with Gasteiger partial charge in [-0.2, -0.15) is 10.2 Å².